The molecule has 0 unspecified atom stereocenters. The van der Waals surface area contributed by atoms with Crippen molar-refractivity contribution in [2.24, 2.45) is 0 Å². The molecule has 1 amide bonds. The van der Waals surface area contributed by atoms with Crippen molar-refractivity contribution in [1.29, 1.82) is 0 Å². The van der Waals surface area contributed by atoms with E-state index in [1.807, 2.05) is 4.90 Å². The third-order valence-corrected chi connectivity index (χ3v) is 3.27. The smallest absolute Gasteiger partial charge is 0.228 e. The van der Waals surface area contributed by atoms with E-state index in [4.69, 9.17) is 11.6 Å². The Kier molecular flexibility index (Phi) is 3.88. The Balaban J connectivity index is 1.97. The van der Waals surface area contributed by atoms with Gasteiger partial charge < -0.3 is 10.2 Å². The maximum Gasteiger partial charge on any atom is 0.228 e. The lowest BCUT2D eigenvalue weighted by atomic mass is 10.0. The topological polar surface area (TPSA) is 45.2 Å². The van der Waals surface area contributed by atoms with Gasteiger partial charge in [0.25, 0.3) is 0 Å². The molecule has 5 heteroatoms. The van der Waals surface area contributed by atoms with Gasteiger partial charge in [0, 0.05) is 37.1 Å². The van der Waals surface area contributed by atoms with Crippen LogP contribution in [-0.2, 0) is 11.2 Å². The maximum atomic E-state index is 12.2. The summed E-state index contributed by atoms with van der Waals surface area (Å²) in [7, 11) is 0. The summed E-state index contributed by atoms with van der Waals surface area (Å²) in [6.07, 6.45) is 1.92. The van der Waals surface area contributed by atoms with Gasteiger partial charge in [-0.25, -0.2) is 0 Å². The van der Waals surface area contributed by atoms with Crippen molar-refractivity contribution in [3.63, 3.8) is 0 Å². The molecule has 0 spiro atoms. The summed E-state index contributed by atoms with van der Waals surface area (Å²) in [6, 6.07) is 3.56. The minimum absolute atomic E-state index is 0.0126. The molecule has 1 N–H and O–H groups in total. The Morgan fingerprint density at radius 1 is 1.56 bits per heavy atom. The number of rotatable bonds is 2. The standard InChI is InChI=1S/C13H18ClN3O/c1-13(2)9-17(6-5-16-13)12(18)7-11-4-3-10(14)8-15-11/h3-4,8,16H,5-7,9H2,1-2H3. The number of halogens is 1. The number of amides is 1. The number of pyridine rings is 1. The van der Waals surface area contributed by atoms with Gasteiger partial charge in [-0.1, -0.05) is 11.6 Å². The van der Waals surface area contributed by atoms with E-state index in [0.717, 1.165) is 25.3 Å². The van der Waals surface area contributed by atoms with E-state index in [9.17, 15) is 4.79 Å². The molecule has 98 valence electrons. The van der Waals surface area contributed by atoms with Crippen molar-refractivity contribution in [2.75, 3.05) is 19.6 Å². The lowest BCUT2D eigenvalue weighted by molar-refractivity contribution is -0.132. The van der Waals surface area contributed by atoms with Crippen molar-refractivity contribution in [3.05, 3.63) is 29.0 Å². The van der Waals surface area contributed by atoms with E-state index in [-0.39, 0.29) is 11.4 Å². The molecule has 0 atom stereocenters. The number of nitrogens with zero attached hydrogens (tertiary/aromatic N) is 2. The number of aromatic nitrogens is 1. The summed E-state index contributed by atoms with van der Waals surface area (Å²) in [5.74, 6) is 0.124. The van der Waals surface area contributed by atoms with Gasteiger partial charge in [-0.3, -0.25) is 9.78 Å². The minimum Gasteiger partial charge on any atom is -0.339 e. The predicted octanol–water partition coefficient (Wildman–Crippen LogP) is 1.49. The number of piperazine rings is 1. The van der Waals surface area contributed by atoms with E-state index in [2.05, 4.69) is 24.1 Å². The van der Waals surface area contributed by atoms with E-state index in [1.165, 1.54) is 0 Å². The SMILES string of the molecule is CC1(C)CN(C(=O)Cc2ccc(Cl)cn2)CCN1. The largest absolute Gasteiger partial charge is 0.339 e. The first-order valence-corrected chi connectivity index (χ1v) is 6.47. The molecule has 0 aromatic carbocycles. The highest BCUT2D eigenvalue weighted by atomic mass is 35.5. The molecule has 4 nitrogen and oxygen atoms in total. The van der Waals surface area contributed by atoms with E-state index >= 15 is 0 Å². The number of carbonyl (C=O) groups is 1. The van der Waals surface area contributed by atoms with Gasteiger partial charge in [0.2, 0.25) is 5.91 Å². The molecule has 1 fully saturated rings. The molecule has 1 saturated heterocycles. The first-order valence-electron chi connectivity index (χ1n) is 6.09. The Bertz CT molecular complexity index is 430. The summed E-state index contributed by atoms with van der Waals surface area (Å²) in [5, 5.41) is 3.98. The van der Waals surface area contributed by atoms with Crippen LogP contribution in [0.25, 0.3) is 0 Å². The van der Waals surface area contributed by atoms with Crippen LogP contribution < -0.4 is 5.32 Å². The normalized spacial score (nSPS) is 18.7. The first-order chi connectivity index (χ1) is 8.46. The summed E-state index contributed by atoms with van der Waals surface area (Å²) in [6.45, 7) is 6.54. The number of hydrogen-bond donors (Lipinski definition) is 1. The fourth-order valence-corrected chi connectivity index (χ4v) is 2.24. The summed E-state index contributed by atoms with van der Waals surface area (Å²) >= 11 is 5.77. The monoisotopic (exact) mass is 267 g/mol. The zero-order valence-electron chi connectivity index (χ0n) is 10.7. The molecule has 2 rings (SSSR count). The highest BCUT2D eigenvalue weighted by Crippen LogP contribution is 2.12. The fourth-order valence-electron chi connectivity index (χ4n) is 2.13. The second-order valence-electron chi connectivity index (χ2n) is 5.27. The van der Waals surface area contributed by atoms with Crippen molar-refractivity contribution >= 4 is 17.5 Å². The molecule has 1 aliphatic heterocycles. The molecule has 18 heavy (non-hydrogen) atoms. The van der Waals surface area contributed by atoms with E-state index < -0.39 is 0 Å². The summed E-state index contributed by atoms with van der Waals surface area (Å²) in [5.41, 5.74) is 0.752. The molecule has 0 bridgehead atoms. The quantitative estimate of drug-likeness (QED) is 0.883. The lowest BCUT2D eigenvalue weighted by Gasteiger charge is -2.39. The molecule has 1 aliphatic rings. The molecule has 1 aromatic heterocycles. The van der Waals surface area contributed by atoms with Crippen LogP contribution in [0.2, 0.25) is 5.02 Å². The van der Waals surface area contributed by atoms with Gasteiger partial charge in [-0.15, -0.1) is 0 Å². The molecule has 2 heterocycles. The van der Waals surface area contributed by atoms with E-state index in [1.54, 1.807) is 18.3 Å². The Morgan fingerprint density at radius 3 is 2.94 bits per heavy atom. The Morgan fingerprint density at radius 2 is 2.33 bits per heavy atom. The van der Waals surface area contributed by atoms with E-state index in [0.29, 0.717) is 11.4 Å². The van der Waals surface area contributed by atoms with Crippen LogP contribution in [-0.4, -0.2) is 41.0 Å². The summed E-state index contributed by atoms with van der Waals surface area (Å²) in [4.78, 5) is 18.2. The lowest BCUT2D eigenvalue weighted by Crippen LogP contribution is -2.58. The Hall–Kier alpha value is -1.13. The zero-order chi connectivity index (χ0) is 13.2. The molecular weight excluding hydrogens is 250 g/mol. The third kappa shape index (κ3) is 3.43. The fraction of sp³-hybridized carbons (Fsp3) is 0.538. The van der Waals surface area contributed by atoms with Crippen LogP contribution in [0.15, 0.2) is 18.3 Å². The zero-order valence-corrected chi connectivity index (χ0v) is 11.5. The van der Waals surface area contributed by atoms with Crippen molar-refractivity contribution in [1.82, 2.24) is 15.2 Å². The van der Waals surface area contributed by atoms with Gasteiger partial charge >= 0.3 is 0 Å². The molecular formula is C13H18ClN3O. The maximum absolute atomic E-state index is 12.2. The average molecular weight is 268 g/mol. The summed E-state index contributed by atoms with van der Waals surface area (Å²) < 4.78 is 0. The molecule has 0 aliphatic carbocycles. The van der Waals surface area contributed by atoms with Gasteiger partial charge in [-0.2, -0.15) is 0 Å². The van der Waals surface area contributed by atoms with Gasteiger partial charge in [0.05, 0.1) is 11.4 Å². The van der Waals surface area contributed by atoms with Crippen LogP contribution in [0.3, 0.4) is 0 Å². The highest BCUT2D eigenvalue weighted by Gasteiger charge is 2.28. The minimum atomic E-state index is -0.0126. The van der Waals surface area contributed by atoms with Crippen LogP contribution in [0.5, 0.6) is 0 Å². The first kappa shape index (κ1) is 13.3. The molecule has 0 saturated carbocycles. The van der Waals surface area contributed by atoms with Crippen LogP contribution in [0.4, 0.5) is 0 Å². The highest BCUT2D eigenvalue weighted by molar-refractivity contribution is 6.30. The van der Waals surface area contributed by atoms with Crippen molar-refractivity contribution in [2.45, 2.75) is 25.8 Å². The predicted molar refractivity (Wildman–Crippen MR) is 71.6 cm³/mol. The van der Waals surface area contributed by atoms with Crippen molar-refractivity contribution < 1.29 is 4.79 Å². The second kappa shape index (κ2) is 5.24. The van der Waals surface area contributed by atoms with Gasteiger partial charge in [-0.05, 0) is 26.0 Å². The van der Waals surface area contributed by atoms with Crippen molar-refractivity contribution in [3.8, 4) is 0 Å². The van der Waals surface area contributed by atoms with Crippen LogP contribution in [0, 0.1) is 0 Å². The molecule has 0 radical (unpaired) electrons. The van der Waals surface area contributed by atoms with Crippen LogP contribution >= 0.6 is 11.6 Å². The Labute approximate surface area is 112 Å². The number of carbonyl (C=O) groups excluding carboxylic acids is 1. The number of nitrogens with one attached hydrogen (secondary N) is 1. The molecule has 1 aromatic rings. The number of hydrogen-bond acceptors (Lipinski definition) is 3. The van der Waals surface area contributed by atoms with Gasteiger partial charge in [0.1, 0.15) is 0 Å². The van der Waals surface area contributed by atoms with Crippen LogP contribution in [0.1, 0.15) is 19.5 Å². The second-order valence-corrected chi connectivity index (χ2v) is 5.71. The van der Waals surface area contributed by atoms with Gasteiger partial charge in [0.15, 0.2) is 0 Å². The average Bonchev–Trinajstić information content (AvgIpc) is 2.31. The third-order valence-electron chi connectivity index (χ3n) is 3.05.